The first kappa shape index (κ1) is 19.7. The van der Waals surface area contributed by atoms with Crippen molar-refractivity contribution in [2.75, 3.05) is 6.61 Å². The van der Waals surface area contributed by atoms with E-state index in [1.807, 2.05) is 29.9 Å². The molecule has 3 aromatic rings. The highest BCUT2D eigenvalue weighted by Crippen LogP contribution is 2.43. The molecule has 0 spiro atoms. The Morgan fingerprint density at radius 2 is 2.10 bits per heavy atom. The van der Waals surface area contributed by atoms with E-state index < -0.39 is 5.97 Å². The van der Waals surface area contributed by atoms with Gasteiger partial charge in [0.05, 0.1) is 18.7 Å². The van der Waals surface area contributed by atoms with Gasteiger partial charge in [-0.15, -0.1) is 0 Å². The molecule has 6 heteroatoms. The molecule has 1 N–H and O–H groups in total. The summed E-state index contributed by atoms with van der Waals surface area (Å²) in [6.07, 6.45) is 1.96. The number of hydrogen-bond donors (Lipinski definition) is 1. The molecule has 0 saturated carbocycles. The van der Waals surface area contributed by atoms with Gasteiger partial charge in [-0.05, 0) is 49.4 Å². The van der Waals surface area contributed by atoms with Crippen LogP contribution in [0.5, 0.6) is 11.5 Å². The molecule has 1 unspecified atom stereocenters. The summed E-state index contributed by atoms with van der Waals surface area (Å²) in [4.78, 5) is 11.1. The fraction of sp³-hybridized carbons (Fsp3) is 0.360. The van der Waals surface area contributed by atoms with E-state index in [1.165, 1.54) is 27.9 Å². The van der Waals surface area contributed by atoms with Crippen molar-refractivity contribution in [2.45, 2.75) is 45.1 Å². The van der Waals surface area contributed by atoms with E-state index >= 15 is 0 Å². The Labute approximate surface area is 181 Å². The molecule has 6 nitrogen and oxygen atoms in total. The molecule has 31 heavy (non-hydrogen) atoms. The number of ether oxygens (including phenoxy) is 2. The second kappa shape index (κ2) is 7.45. The lowest BCUT2D eigenvalue weighted by Crippen LogP contribution is -2.07. The van der Waals surface area contributed by atoms with Crippen LogP contribution in [-0.4, -0.2) is 27.5 Å². The third-order valence-electron chi connectivity index (χ3n) is 6.56. The lowest BCUT2D eigenvalue weighted by molar-refractivity contribution is -0.137. The number of rotatable bonds is 5. The van der Waals surface area contributed by atoms with Gasteiger partial charge in [-0.1, -0.05) is 24.3 Å². The van der Waals surface area contributed by atoms with Gasteiger partial charge >= 0.3 is 5.97 Å². The largest absolute Gasteiger partial charge is 0.492 e. The number of fused-ring (bicyclic) bond motifs is 2. The van der Waals surface area contributed by atoms with Gasteiger partial charge in [-0.2, -0.15) is 5.10 Å². The van der Waals surface area contributed by atoms with Crippen LogP contribution < -0.4 is 9.47 Å². The van der Waals surface area contributed by atoms with E-state index in [9.17, 15) is 4.79 Å². The van der Waals surface area contributed by atoms with E-state index in [2.05, 4.69) is 37.1 Å². The third kappa shape index (κ3) is 3.36. The number of nitrogens with zero attached hydrogens (tertiary/aromatic N) is 2. The first-order valence-electron chi connectivity index (χ1n) is 10.7. The topological polar surface area (TPSA) is 73.6 Å². The zero-order chi connectivity index (χ0) is 21.7. The average Bonchev–Trinajstić information content (AvgIpc) is 3.39. The van der Waals surface area contributed by atoms with E-state index in [0.29, 0.717) is 6.61 Å². The molecule has 0 bridgehead atoms. The van der Waals surface area contributed by atoms with Crippen LogP contribution in [0.25, 0.3) is 11.1 Å². The Morgan fingerprint density at radius 1 is 1.26 bits per heavy atom. The molecular weight excluding hydrogens is 392 g/mol. The molecule has 1 aromatic heterocycles. The number of hydrogen-bond acceptors (Lipinski definition) is 4. The highest BCUT2D eigenvalue weighted by atomic mass is 16.5. The Kier molecular flexibility index (Phi) is 4.73. The van der Waals surface area contributed by atoms with Gasteiger partial charge in [-0.3, -0.25) is 9.48 Å². The van der Waals surface area contributed by atoms with Gasteiger partial charge in [0.25, 0.3) is 0 Å². The van der Waals surface area contributed by atoms with Gasteiger partial charge in [0.1, 0.15) is 17.6 Å². The monoisotopic (exact) mass is 418 g/mol. The third-order valence-corrected chi connectivity index (χ3v) is 6.56. The molecule has 2 heterocycles. The molecule has 0 radical (unpaired) electrons. The van der Waals surface area contributed by atoms with Crippen molar-refractivity contribution < 1.29 is 19.4 Å². The molecule has 2 aromatic carbocycles. The summed E-state index contributed by atoms with van der Waals surface area (Å²) in [5.74, 6) is 0.588. The molecule has 1 aliphatic heterocycles. The van der Waals surface area contributed by atoms with E-state index in [1.54, 1.807) is 0 Å². The van der Waals surface area contributed by atoms with Crippen molar-refractivity contribution >= 4 is 5.97 Å². The standard InChI is InChI=1S/C25H26N2O4/c1-14-25(15(2)27(3)26-14)21-6-4-5-20-19(21)9-10-22(20)31-17-7-8-18-16(11-24(28)29)13-30-23(18)12-17/h4-8,12,16,22H,9-11,13H2,1-3H3,(H,28,29)/t16?,22-/m1/s1. The second-order valence-corrected chi connectivity index (χ2v) is 8.49. The number of carbonyl (C=O) groups is 1. The van der Waals surface area contributed by atoms with Crippen molar-refractivity contribution in [3.63, 3.8) is 0 Å². The van der Waals surface area contributed by atoms with Crippen LogP contribution >= 0.6 is 0 Å². The summed E-state index contributed by atoms with van der Waals surface area (Å²) in [7, 11) is 1.98. The van der Waals surface area contributed by atoms with Crippen LogP contribution in [0.2, 0.25) is 0 Å². The highest BCUT2D eigenvalue weighted by molar-refractivity contribution is 5.74. The molecular formula is C25H26N2O4. The van der Waals surface area contributed by atoms with Gasteiger partial charge in [-0.25, -0.2) is 0 Å². The van der Waals surface area contributed by atoms with Crippen molar-refractivity contribution in [1.29, 1.82) is 0 Å². The molecule has 160 valence electrons. The van der Waals surface area contributed by atoms with Crippen LogP contribution in [0.1, 0.15) is 52.9 Å². The normalized spacial score (nSPS) is 19.1. The smallest absolute Gasteiger partial charge is 0.304 e. The average molecular weight is 418 g/mol. The lowest BCUT2D eigenvalue weighted by Gasteiger charge is -2.17. The van der Waals surface area contributed by atoms with Gasteiger partial charge in [0.15, 0.2) is 0 Å². The number of aliphatic carboxylic acids is 1. The predicted molar refractivity (Wildman–Crippen MR) is 117 cm³/mol. The lowest BCUT2D eigenvalue weighted by atomic mass is 9.95. The molecule has 2 aliphatic rings. The fourth-order valence-corrected chi connectivity index (χ4v) is 5.01. The summed E-state index contributed by atoms with van der Waals surface area (Å²) in [5.41, 5.74) is 8.20. The predicted octanol–water partition coefficient (Wildman–Crippen LogP) is 4.72. The van der Waals surface area contributed by atoms with Crippen molar-refractivity contribution in [1.82, 2.24) is 9.78 Å². The number of aryl methyl sites for hydroxylation is 2. The zero-order valence-electron chi connectivity index (χ0n) is 18.0. The summed E-state index contributed by atoms with van der Waals surface area (Å²) in [6.45, 7) is 4.58. The van der Waals surface area contributed by atoms with E-state index in [0.717, 1.165) is 35.6 Å². The summed E-state index contributed by atoms with van der Waals surface area (Å²) < 4.78 is 14.1. The summed E-state index contributed by atoms with van der Waals surface area (Å²) >= 11 is 0. The van der Waals surface area contributed by atoms with Crippen molar-refractivity contribution in [2.24, 2.45) is 7.05 Å². The van der Waals surface area contributed by atoms with Crippen LogP contribution in [0, 0.1) is 13.8 Å². The Morgan fingerprint density at radius 3 is 2.84 bits per heavy atom. The quantitative estimate of drug-likeness (QED) is 0.649. The zero-order valence-corrected chi connectivity index (χ0v) is 18.0. The maximum Gasteiger partial charge on any atom is 0.304 e. The van der Waals surface area contributed by atoms with Crippen molar-refractivity contribution in [3.05, 3.63) is 64.5 Å². The molecule has 2 atom stereocenters. The molecule has 5 rings (SSSR count). The van der Waals surface area contributed by atoms with Gasteiger partial charge in [0, 0.05) is 35.9 Å². The Balaban J connectivity index is 1.42. The Hall–Kier alpha value is -3.28. The SMILES string of the molecule is Cc1nn(C)c(C)c1-c1cccc2c1CC[C@H]2Oc1ccc2c(c1)OCC2CC(=O)O. The maximum absolute atomic E-state index is 11.1. The number of aromatic nitrogens is 2. The molecule has 0 saturated heterocycles. The van der Waals surface area contributed by atoms with Crippen LogP contribution in [0.3, 0.4) is 0 Å². The van der Waals surface area contributed by atoms with Crippen LogP contribution in [0.15, 0.2) is 36.4 Å². The number of benzene rings is 2. The first-order valence-corrected chi connectivity index (χ1v) is 10.7. The highest BCUT2D eigenvalue weighted by Gasteiger charge is 2.30. The number of carboxylic acid groups (broad SMARTS) is 1. The number of carboxylic acids is 1. The minimum absolute atomic E-state index is 0.0125. The summed E-state index contributed by atoms with van der Waals surface area (Å²) in [6, 6.07) is 12.2. The second-order valence-electron chi connectivity index (χ2n) is 8.49. The maximum atomic E-state index is 11.1. The van der Waals surface area contributed by atoms with E-state index in [-0.39, 0.29) is 18.4 Å². The molecule has 0 fully saturated rings. The molecule has 0 amide bonds. The van der Waals surface area contributed by atoms with E-state index in [4.69, 9.17) is 14.6 Å². The van der Waals surface area contributed by atoms with Crippen LogP contribution in [0.4, 0.5) is 0 Å². The fourth-order valence-electron chi connectivity index (χ4n) is 5.01. The summed E-state index contributed by atoms with van der Waals surface area (Å²) in [5, 5.41) is 13.7. The minimum Gasteiger partial charge on any atom is -0.492 e. The molecule has 1 aliphatic carbocycles. The minimum atomic E-state index is -0.806. The van der Waals surface area contributed by atoms with Gasteiger partial charge < -0.3 is 14.6 Å². The van der Waals surface area contributed by atoms with Gasteiger partial charge in [0.2, 0.25) is 0 Å². The Bertz CT molecular complexity index is 1180. The first-order chi connectivity index (χ1) is 14.9. The van der Waals surface area contributed by atoms with Crippen molar-refractivity contribution in [3.8, 4) is 22.6 Å². The van der Waals surface area contributed by atoms with Crippen LogP contribution in [-0.2, 0) is 18.3 Å².